The molecule has 4 heteroatoms. The number of unbranched alkanes of at least 4 members (excludes halogenated alkanes) is 9. The summed E-state index contributed by atoms with van der Waals surface area (Å²) in [6.07, 6.45) is 13.4. The van der Waals surface area contributed by atoms with Gasteiger partial charge in [0.05, 0.1) is 0 Å². The van der Waals surface area contributed by atoms with E-state index >= 15 is 0 Å². The fourth-order valence-electron chi connectivity index (χ4n) is 2.87. The number of benzene rings is 1. The number of halogens is 2. The Bertz CT molecular complexity index is 440. The fourth-order valence-corrected chi connectivity index (χ4v) is 3.48. The molecule has 0 aromatic heterocycles. The second kappa shape index (κ2) is 12.5. The summed E-state index contributed by atoms with van der Waals surface area (Å²) in [6.45, 7) is 5.96. The highest BCUT2D eigenvalue weighted by Gasteiger charge is 2.14. The molecule has 1 nitrogen and oxygen atoms in total. The van der Waals surface area contributed by atoms with Gasteiger partial charge in [-0.05, 0) is 43.6 Å². The van der Waals surface area contributed by atoms with Gasteiger partial charge in [-0.1, -0.05) is 64.7 Å². The van der Waals surface area contributed by atoms with Crippen molar-refractivity contribution in [2.75, 3.05) is 0 Å². The molecule has 0 aliphatic heterocycles. The summed E-state index contributed by atoms with van der Waals surface area (Å²) in [5.41, 5.74) is 0.734. The normalized spacial score (nSPS) is 11.2. The van der Waals surface area contributed by atoms with E-state index in [1.807, 2.05) is 13.1 Å². The predicted molar refractivity (Wildman–Crippen MR) is 100 cm³/mol. The molecule has 137 valence electrons. The van der Waals surface area contributed by atoms with Crippen LogP contribution in [0.1, 0.15) is 76.7 Å². The Kier molecular flexibility index (Phi) is 11.0. The van der Waals surface area contributed by atoms with E-state index in [-0.39, 0.29) is 5.75 Å². The number of rotatable bonds is 13. The van der Waals surface area contributed by atoms with Crippen molar-refractivity contribution in [1.29, 1.82) is 0 Å². The third-order valence-electron chi connectivity index (χ3n) is 4.18. The first kappa shape index (κ1) is 21.1. The van der Waals surface area contributed by atoms with E-state index in [4.69, 9.17) is 4.43 Å². The van der Waals surface area contributed by atoms with Gasteiger partial charge in [0.1, 0.15) is 0 Å². The van der Waals surface area contributed by atoms with Crippen molar-refractivity contribution in [2.24, 2.45) is 0 Å². The second-order valence-electron chi connectivity index (χ2n) is 6.83. The Morgan fingerprint density at radius 3 is 1.71 bits per heavy atom. The van der Waals surface area contributed by atoms with Gasteiger partial charge < -0.3 is 4.43 Å². The molecule has 1 aromatic carbocycles. The monoisotopic (exact) mass is 355 g/mol. The summed E-state index contributed by atoms with van der Waals surface area (Å²) in [6, 6.07) is 2.86. The maximum atomic E-state index is 13.9. The molecule has 0 saturated carbocycles. The van der Waals surface area contributed by atoms with Gasteiger partial charge in [0.15, 0.2) is 17.4 Å². The SMILES string of the molecule is CCCCCCCCCCCCc1cc(F)c(O[Si](C)C)c(F)c1. The predicted octanol–water partition coefficient (Wildman–Crippen LogP) is 7.06. The Morgan fingerprint density at radius 1 is 0.792 bits per heavy atom. The molecule has 0 spiro atoms. The van der Waals surface area contributed by atoms with Gasteiger partial charge in [-0.15, -0.1) is 0 Å². The fraction of sp³-hybridized carbons (Fsp3) is 0.700. The zero-order valence-electron chi connectivity index (χ0n) is 15.6. The van der Waals surface area contributed by atoms with Gasteiger partial charge in [0.25, 0.3) is 9.04 Å². The molecule has 0 saturated heterocycles. The van der Waals surface area contributed by atoms with Crippen molar-refractivity contribution in [1.82, 2.24) is 0 Å². The summed E-state index contributed by atoms with van der Waals surface area (Å²) in [7, 11) is -1.16. The lowest BCUT2D eigenvalue weighted by atomic mass is 10.0. The quantitative estimate of drug-likeness (QED) is 0.272. The number of aryl methyl sites for hydroxylation is 1. The van der Waals surface area contributed by atoms with Crippen LogP contribution < -0.4 is 4.43 Å². The molecule has 0 heterocycles. The summed E-state index contributed by atoms with van der Waals surface area (Å²) in [4.78, 5) is 0. The molecular weight excluding hydrogens is 322 g/mol. The van der Waals surface area contributed by atoms with Crippen LogP contribution in [0.15, 0.2) is 12.1 Å². The molecule has 0 unspecified atom stereocenters. The van der Waals surface area contributed by atoms with Gasteiger partial charge in [0.2, 0.25) is 0 Å². The molecule has 0 N–H and O–H groups in total. The third kappa shape index (κ3) is 8.81. The van der Waals surface area contributed by atoms with Crippen LogP contribution in [0, 0.1) is 11.6 Å². The van der Waals surface area contributed by atoms with Crippen LogP contribution in [0.5, 0.6) is 5.75 Å². The van der Waals surface area contributed by atoms with E-state index in [1.165, 1.54) is 63.5 Å². The smallest absolute Gasteiger partial charge is 0.274 e. The van der Waals surface area contributed by atoms with E-state index in [2.05, 4.69) is 6.92 Å². The minimum absolute atomic E-state index is 0.208. The van der Waals surface area contributed by atoms with E-state index in [0.717, 1.165) is 24.8 Å². The van der Waals surface area contributed by atoms with Crippen LogP contribution >= 0.6 is 0 Å². The zero-order valence-corrected chi connectivity index (χ0v) is 16.6. The second-order valence-corrected chi connectivity index (χ2v) is 8.85. The van der Waals surface area contributed by atoms with Gasteiger partial charge in [-0.3, -0.25) is 0 Å². The summed E-state index contributed by atoms with van der Waals surface area (Å²) >= 11 is 0. The van der Waals surface area contributed by atoms with Crippen molar-refractivity contribution in [3.63, 3.8) is 0 Å². The molecule has 0 amide bonds. The molecular formula is C20H33F2OSi. The first-order valence-electron chi connectivity index (χ1n) is 9.50. The van der Waals surface area contributed by atoms with Crippen LogP contribution in [0.3, 0.4) is 0 Å². The van der Waals surface area contributed by atoms with Crippen molar-refractivity contribution >= 4 is 9.04 Å². The molecule has 0 bridgehead atoms. The Morgan fingerprint density at radius 2 is 1.25 bits per heavy atom. The molecule has 0 fully saturated rings. The van der Waals surface area contributed by atoms with Gasteiger partial charge >= 0.3 is 0 Å². The first-order chi connectivity index (χ1) is 11.5. The van der Waals surface area contributed by atoms with E-state index in [9.17, 15) is 8.78 Å². The third-order valence-corrected chi connectivity index (χ3v) is 4.80. The molecule has 1 rings (SSSR count). The van der Waals surface area contributed by atoms with Gasteiger partial charge in [-0.25, -0.2) is 8.78 Å². The maximum absolute atomic E-state index is 13.9. The van der Waals surface area contributed by atoms with E-state index in [1.54, 1.807) is 0 Å². The number of hydrogen-bond donors (Lipinski definition) is 0. The summed E-state index contributed by atoms with van der Waals surface area (Å²) in [5.74, 6) is -1.34. The molecule has 1 radical (unpaired) electrons. The van der Waals surface area contributed by atoms with Crippen LogP contribution in [0.2, 0.25) is 13.1 Å². The Labute approximate surface area is 148 Å². The molecule has 24 heavy (non-hydrogen) atoms. The highest BCUT2D eigenvalue weighted by Crippen LogP contribution is 2.25. The standard InChI is InChI=1S/C20H33F2OSi/c1-4-5-6-7-8-9-10-11-12-13-14-17-15-18(21)20(19(22)16-17)23-24(2)3/h15-16H,4-14H2,1-3H3. The van der Waals surface area contributed by atoms with Crippen molar-refractivity contribution in [3.05, 3.63) is 29.3 Å². The highest BCUT2D eigenvalue weighted by atomic mass is 28.3. The summed E-state index contributed by atoms with van der Waals surface area (Å²) < 4.78 is 33.1. The molecule has 0 atom stereocenters. The first-order valence-corrected chi connectivity index (χ1v) is 11.9. The lowest BCUT2D eigenvalue weighted by molar-refractivity contribution is 0.459. The Balaban J connectivity index is 2.19. The van der Waals surface area contributed by atoms with Crippen molar-refractivity contribution < 1.29 is 13.2 Å². The largest absolute Gasteiger partial charge is 0.539 e. The molecule has 0 aliphatic carbocycles. The van der Waals surface area contributed by atoms with Gasteiger partial charge in [0, 0.05) is 0 Å². The lowest BCUT2D eigenvalue weighted by Crippen LogP contribution is -2.13. The van der Waals surface area contributed by atoms with E-state index < -0.39 is 20.7 Å². The minimum atomic E-state index is -1.16. The van der Waals surface area contributed by atoms with Crippen LogP contribution in [-0.4, -0.2) is 9.04 Å². The molecule has 0 aliphatic rings. The molecule has 1 aromatic rings. The van der Waals surface area contributed by atoms with Crippen molar-refractivity contribution in [3.8, 4) is 5.75 Å². The van der Waals surface area contributed by atoms with Crippen LogP contribution in [0.4, 0.5) is 8.78 Å². The lowest BCUT2D eigenvalue weighted by Gasteiger charge is -2.12. The van der Waals surface area contributed by atoms with Crippen molar-refractivity contribution in [2.45, 2.75) is 90.6 Å². The van der Waals surface area contributed by atoms with Crippen LogP contribution in [0.25, 0.3) is 0 Å². The topological polar surface area (TPSA) is 9.23 Å². The number of hydrogen-bond acceptors (Lipinski definition) is 1. The average Bonchev–Trinajstić information content (AvgIpc) is 2.52. The van der Waals surface area contributed by atoms with E-state index in [0.29, 0.717) is 0 Å². The van der Waals surface area contributed by atoms with Gasteiger partial charge in [-0.2, -0.15) is 0 Å². The average molecular weight is 356 g/mol. The highest BCUT2D eigenvalue weighted by molar-refractivity contribution is 6.49. The zero-order chi connectivity index (χ0) is 17.8. The van der Waals surface area contributed by atoms with Crippen LogP contribution in [-0.2, 0) is 6.42 Å². The maximum Gasteiger partial charge on any atom is 0.274 e. The Hall–Kier alpha value is -0.903. The summed E-state index contributed by atoms with van der Waals surface area (Å²) in [5, 5.41) is 0. The minimum Gasteiger partial charge on any atom is -0.539 e.